The van der Waals surface area contributed by atoms with Crippen molar-refractivity contribution in [3.8, 4) is 0 Å². The van der Waals surface area contributed by atoms with Gasteiger partial charge in [0, 0.05) is 19.8 Å². The molecule has 0 fully saturated rings. The van der Waals surface area contributed by atoms with E-state index < -0.39 is 15.1 Å². The van der Waals surface area contributed by atoms with Gasteiger partial charge in [0.25, 0.3) is 0 Å². The summed E-state index contributed by atoms with van der Waals surface area (Å²) in [6.45, 7) is 12.6. The van der Waals surface area contributed by atoms with E-state index in [4.69, 9.17) is 26.7 Å². The zero-order chi connectivity index (χ0) is 15.9. The fourth-order valence-corrected chi connectivity index (χ4v) is 1.66. The average molecular weight is 324 g/mol. The van der Waals surface area contributed by atoms with Crippen LogP contribution in [-0.2, 0) is 11.4 Å². The Morgan fingerprint density at radius 2 is 0.750 bits per heavy atom. The molecule has 0 amide bonds. The van der Waals surface area contributed by atoms with Crippen LogP contribution in [-0.4, -0.2) is 72.2 Å². The zero-order valence-electron chi connectivity index (χ0n) is 13.8. The van der Waals surface area contributed by atoms with E-state index in [1.165, 1.54) is 0 Å². The minimum absolute atomic E-state index is 0. The summed E-state index contributed by atoms with van der Waals surface area (Å²) in [6.07, 6.45) is 0. The van der Waals surface area contributed by atoms with E-state index >= 15 is 0 Å². The molecule has 20 heavy (non-hydrogen) atoms. The molecule has 6 nitrogen and oxygen atoms in total. The molecule has 120 valence electrons. The minimum atomic E-state index is -1.73. The van der Waals surface area contributed by atoms with Crippen LogP contribution in [0.25, 0.3) is 0 Å². The molecular formula is C12H30Al2O6. The third-order valence-electron chi connectivity index (χ3n) is 0.908. The van der Waals surface area contributed by atoms with Crippen molar-refractivity contribution >= 4 is 32.5 Å². The van der Waals surface area contributed by atoms with Gasteiger partial charge in [-0.3, -0.25) is 0 Å². The molecule has 0 rings (SSSR count). The summed E-state index contributed by atoms with van der Waals surface area (Å²) in [4.78, 5) is 0. The zero-order valence-corrected chi connectivity index (χ0v) is 16.2. The summed E-state index contributed by atoms with van der Waals surface area (Å²) in [7, 11) is 0. The van der Waals surface area contributed by atoms with Crippen LogP contribution in [0.5, 0.6) is 0 Å². The van der Waals surface area contributed by atoms with Crippen molar-refractivity contribution in [1.82, 2.24) is 0 Å². The Labute approximate surface area is 140 Å². The molecule has 0 aromatic heterocycles. The standard InChI is InChI=1S/6C2H5O.2Al/c6*1-2-3;;/h6*2H2,1H3;;/q6*-1;2*+3. The van der Waals surface area contributed by atoms with Gasteiger partial charge in [-0.2, -0.15) is 0 Å². The molecule has 0 heterocycles. The largest absolute Gasteiger partial charge is 3.00 e. The topological polar surface area (TPSA) is 96.9 Å². The maximum absolute atomic E-state index is 8.93. The van der Waals surface area contributed by atoms with Gasteiger partial charge in [0.15, 0.2) is 0 Å². The predicted octanol–water partition coefficient (Wildman–Crippen LogP) is -1.20. The first-order valence-electron chi connectivity index (χ1n) is 6.68. The molecule has 8 heteroatoms. The third-order valence-corrected chi connectivity index (χ3v) is 2.72. The summed E-state index contributed by atoms with van der Waals surface area (Å²) in [5.74, 6) is 0. The van der Waals surface area contributed by atoms with Gasteiger partial charge >= 0.3 is 32.5 Å². The molecule has 0 aromatic carbocycles. The van der Waals surface area contributed by atoms with Crippen LogP contribution in [0.4, 0.5) is 0 Å². The van der Waals surface area contributed by atoms with Gasteiger partial charge in [0.05, 0.1) is 0 Å². The van der Waals surface area contributed by atoms with E-state index in [0.29, 0.717) is 19.8 Å². The average Bonchev–Trinajstić information content (AvgIpc) is 2.33. The van der Waals surface area contributed by atoms with Crippen molar-refractivity contribution in [3.05, 3.63) is 0 Å². The number of hydrogen-bond acceptors (Lipinski definition) is 6. The molecule has 0 bridgehead atoms. The van der Waals surface area contributed by atoms with E-state index in [9.17, 15) is 0 Å². The van der Waals surface area contributed by atoms with E-state index in [0.717, 1.165) is 0 Å². The maximum atomic E-state index is 8.93. The second-order valence-electron chi connectivity index (χ2n) is 2.52. The fourth-order valence-electron chi connectivity index (χ4n) is 0.553. The van der Waals surface area contributed by atoms with Crippen molar-refractivity contribution in [3.63, 3.8) is 0 Å². The molecule has 0 unspecified atom stereocenters. The second-order valence-corrected chi connectivity index (χ2v) is 4.10. The second kappa shape index (κ2) is 42.7. The Kier molecular flexibility index (Phi) is 69.8. The first-order chi connectivity index (χ1) is 9.09. The van der Waals surface area contributed by atoms with Crippen LogP contribution >= 0.6 is 0 Å². The fraction of sp³-hybridized carbons (Fsp3) is 1.00. The molecule has 0 atom stereocenters. The molecule has 0 aliphatic rings. The molecule has 0 spiro atoms. The first-order valence-corrected chi connectivity index (χ1v) is 8.10. The molecule has 0 aromatic rings. The van der Waals surface area contributed by atoms with Gasteiger partial charge in [0.1, 0.15) is 0 Å². The van der Waals surface area contributed by atoms with Crippen LogP contribution in [0.15, 0.2) is 0 Å². The smallest absolute Gasteiger partial charge is 0.855 e. The van der Waals surface area contributed by atoms with Gasteiger partial charge in [0.2, 0.25) is 0 Å². The van der Waals surface area contributed by atoms with Crippen LogP contribution < -0.4 is 15.3 Å². The van der Waals surface area contributed by atoms with E-state index in [-0.39, 0.29) is 37.2 Å². The minimum Gasteiger partial charge on any atom is -0.855 e. The Morgan fingerprint density at radius 1 is 0.600 bits per heavy atom. The molecule has 0 aliphatic carbocycles. The van der Waals surface area contributed by atoms with Gasteiger partial charge in [-0.15, -0.1) is 19.8 Å². The van der Waals surface area contributed by atoms with Crippen molar-refractivity contribution in [2.45, 2.75) is 41.5 Å². The SMILES string of the molecule is CC[O-].CC[O-].CC[O-].CC[O][Al]([O]CC)[O]CC.[Al+3]. The van der Waals surface area contributed by atoms with E-state index in [1.54, 1.807) is 20.8 Å². The molecule has 0 aliphatic heterocycles. The van der Waals surface area contributed by atoms with E-state index in [2.05, 4.69) is 0 Å². The summed E-state index contributed by atoms with van der Waals surface area (Å²) in [5, 5.41) is 26.8. The van der Waals surface area contributed by atoms with Gasteiger partial charge in [-0.05, 0) is 20.8 Å². The Hall–Kier alpha value is 0.825. The van der Waals surface area contributed by atoms with Crippen molar-refractivity contribution in [1.29, 1.82) is 0 Å². The Morgan fingerprint density at radius 3 is 0.850 bits per heavy atom. The Bertz CT molecular complexity index is 92.9. The van der Waals surface area contributed by atoms with E-state index in [1.807, 2.05) is 20.8 Å². The van der Waals surface area contributed by atoms with Gasteiger partial charge < -0.3 is 26.7 Å². The number of hydrogen-bond donors (Lipinski definition) is 0. The normalized spacial score (nSPS) is 7.65. The van der Waals surface area contributed by atoms with Gasteiger partial charge in [-0.1, -0.05) is 20.8 Å². The monoisotopic (exact) mass is 324 g/mol. The summed E-state index contributed by atoms with van der Waals surface area (Å²) < 4.78 is 15.7. The van der Waals surface area contributed by atoms with Crippen LogP contribution in [0.3, 0.4) is 0 Å². The van der Waals surface area contributed by atoms with Crippen molar-refractivity contribution in [2.75, 3.05) is 39.6 Å². The van der Waals surface area contributed by atoms with Gasteiger partial charge in [-0.25, -0.2) is 0 Å². The predicted molar refractivity (Wildman–Crippen MR) is 78.0 cm³/mol. The van der Waals surface area contributed by atoms with Crippen LogP contribution in [0.2, 0.25) is 0 Å². The molecular weight excluding hydrogens is 294 g/mol. The quantitative estimate of drug-likeness (QED) is 0.569. The summed E-state index contributed by atoms with van der Waals surface area (Å²) >= 11 is -1.73. The van der Waals surface area contributed by atoms with Crippen LogP contribution in [0, 0.1) is 0 Å². The summed E-state index contributed by atoms with van der Waals surface area (Å²) in [6, 6.07) is 0. The Balaban J connectivity index is -0.0000000626. The summed E-state index contributed by atoms with van der Waals surface area (Å²) in [5.41, 5.74) is 0. The molecule has 0 saturated carbocycles. The van der Waals surface area contributed by atoms with Crippen molar-refractivity contribution in [2.24, 2.45) is 0 Å². The maximum Gasteiger partial charge on any atom is 3.00 e. The van der Waals surface area contributed by atoms with Crippen LogP contribution in [0.1, 0.15) is 41.5 Å². The molecule has 0 radical (unpaired) electrons. The molecule has 0 N–H and O–H groups in total. The van der Waals surface area contributed by atoms with Crippen molar-refractivity contribution < 1.29 is 26.7 Å². The molecule has 0 saturated heterocycles. The third kappa shape index (κ3) is 62.0. The number of rotatable bonds is 6. The first kappa shape index (κ1) is 32.7.